The van der Waals surface area contributed by atoms with E-state index >= 15 is 0 Å². The molecule has 3 nitrogen and oxygen atoms in total. The van der Waals surface area contributed by atoms with Gasteiger partial charge in [0.1, 0.15) is 6.61 Å². The lowest BCUT2D eigenvalue weighted by atomic mass is 10.2. The summed E-state index contributed by atoms with van der Waals surface area (Å²) in [5.41, 5.74) is 1.80. The zero-order valence-electron chi connectivity index (χ0n) is 8.12. The topological polar surface area (TPSA) is 40.5 Å². The van der Waals surface area contributed by atoms with Crippen LogP contribution >= 0.6 is 15.9 Å². The Labute approximate surface area is 91.5 Å². The van der Waals surface area contributed by atoms with Gasteiger partial charge in [0.2, 0.25) is 0 Å². The average Bonchev–Trinajstić information content (AvgIpc) is 2.19. The first-order valence-electron chi connectivity index (χ1n) is 4.20. The van der Waals surface area contributed by atoms with E-state index in [1.165, 1.54) is 4.90 Å². The second-order valence-corrected chi connectivity index (χ2v) is 3.96. The lowest BCUT2D eigenvalue weighted by molar-refractivity contribution is -0.120. The number of hydrogen-bond donors (Lipinski definition) is 1. The standard InChI is InChI=1S/C10H12BrNO2/c1-7-3-4-8(11)5-9(7)12(2)10(14)6-13/h3-5,13H,6H2,1-2H3. The minimum absolute atomic E-state index is 0.314. The first-order valence-corrected chi connectivity index (χ1v) is 4.99. The van der Waals surface area contributed by atoms with Gasteiger partial charge in [0, 0.05) is 17.2 Å². The third-order valence-electron chi connectivity index (χ3n) is 2.04. The Bertz CT molecular complexity index is 352. The number of aryl methyl sites for hydroxylation is 1. The Morgan fingerprint density at radius 1 is 1.57 bits per heavy atom. The molecule has 0 bridgehead atoms. The fourth-order valence-corrected chi connectivity index (χ4v) is 1.53. The first-order chi connectivity index (χ1) is 6.56. The molecule has 0 aliphatic carbocycles. The van der Waals surface area contributed by atoms with E-state index in [-0.39, 0.29) is 5.91 Å². The van der Waals surface area contributed by atoms with Gasteiger partial charge in [0.25, 0.3) is 5.91 Å². The molecule has 76 valence electrons. The van der Waals surface area contributed by atoms with Crippen molar-refractivity contribution in [2.75, 3.05) is 18.6 Å². The van der Waals surface area contributed by atoms with Gasteiger partial charge in [0.15, 0.2) is 0 Å². The number of amides is 1. The van der Waals surface area contributed by atoms with E-state index in [1.54, 1.807) is 7.05 Å². The highest BCUT2D eigenvalue weighted by molar-refractivity contribution is 9.10. The predicted octanol–water partition coefficient (Wildman–Crippen LogP) is 1.71. The number of anilines is 1. The first kappa shape index (κ1) is 11.2. The molecule has 0 spiro atoms. The van der Waals surface area contributed by atoms with Crippen molar-refractivity contribution in [2.45, 2.75) is 6.92 Å². The Morgan fingerprint density at radius 3 is 2.79 bits per heavy atom. The molecule has 14 heavy (non-hydrogen) atoms. The highest BCUT2D eigenvalue weighted by Crippen LogP contribution is 2.23. The quantitative estimate of drug-likeness (QED) is 0.877. The van der Waals surface area contributed by atoms with Crippen molar-refractivity contribution in [3.8, 4) is 0 Å². The normalized spacial score (nSPS) is 10.0. The Kier molecular flexibility index (Phi) is 3.66. The largest absolute Gasteiger partial charge is 0.387 e. The number of aliphatic hydroxyl groups is 1. The van der Waals surface area contributed by atoms with Crippen LogP contribution in [0.2, 0.25) is 0 Å². The maximum absolute atomic E-state index is 11.2. The Hall–Kier alpha value is -0.870. The fraction of sp³-hybridized carbons (Fsp3) is 0.300. The number of aliphatic hydroxyl groups excluding tert-OH is 1. The van der Waals surface area contributed by atoms with Gasteiger partial charge >= 0.3 is 0 Å². The minimum atomic E-state index is -0.470. The molecule has 1 N–H and O–H groups in total. The summed E-state index contributed by atoms with van der Waals surface area (Å²) >= 11 is 3.34. The van der Waals surface area contributed by atoms with Gasteiger partial charge in [-0.25, -0.2) is 0 Å². The number of likely N-dealkylation sites (N-methyl/N-ethyl adjacent to an activating group) is 1. The zero-order chi connectivity index (χ0) is 10.7. The van der Waals surface area contributed by atoms with Crippen molar-refractivity contribution in [1.82, 2.24) is 0 Å². The molecule has 0 radical (unpaired) electrons. The van der Waals surface area contributed by atoms with Gasteiger partial charge in [0.05, 0.1) is 0 Å². The number of benzene rings is 1. The molecule has 1 amide bonds. The predicted molar refractivity (Wildman–Crippen MR) is 59.4 cm³/mol. The van der Waals surface area contributed by atoms with Crippen molar-refractivity contribution < 1.29 is 9.90 Å². The van der Waals surface area contributed by atoms with Gasteiger partial charge in [-0.2, -0.15) is 0 Å². The van der Waals surface area contributed by atoms with Gasteiger partial charge in [-0.05, 0) is 24.6 Å². The van der Waals surface area contributed by atoms with Crippen molar-refractivity contribution >= 4 is 27.5 Å². The highest BCUT2D eigenvalue weighted by atomic mass is 79.9. The second kappa shape index (κ2) is 4.57. The molecule has 0 aliphatic heterocycles. The van der Waals surface area contributed by atoms with E-state index < -0.39 is 6.61 Å². The van der Waals surface area contributed by atoms with E-state index in [0.29, 0.717) is 0 Å². The maximum atomic E-state index is 11.2. The fourth-order valence-electron chi connectivity index (χ4n) is 1.18. The molecular weight excluding hydrogens is 246 g/mol. The van der Waals surface area contributed by atoms with Crippen LogP contribution in [-0.2, 0) is 4.79 Å². The average molecular weight is 258 g/mol. The van der Waals surface area contributed by atoms with Crippen LogP contribution in [0, 0.1) is 6.92 Å². The number of halogens is 1. The number of carbonyl (C=O) groups excluding carboxylic acids is 1. The van der Waals surface area contributed by atoms with Crippen LogP contribution in [0.25, 0.3) is 0 Å². The maximum Gasteiger partial charge on any atom is 0.252 e. The molecule has 0 saturated carbocycles. The van der Waals surface area contributed by atoms with Gasteiger partial charge in [-0.15, -0.1) is 0 Å². The molecule has 0 aromatic heterocycles. The SMILES string of the molecule is Cc1ccc(Br)cc1N(C)C(=O)CO. The van der Waals surface area contributed by atoms with Crippen molar-refractivity contribution in [2.24, 2.45) is 0 Å². The summed E-state index contributed by atoms with van der Waals surface area (Å²) in [5, 5.41) is 8.72. The summed E-state index contributed by atoms with van der Waals surface area (Å²) in [5.74, 6) is -0.314. The van der Waals surface area contributed by atoms with Crippen LogP contribution < -0.4 is 4.90 Å². The van der Waals surface area contributed by atoms with Gasteiger partial charge < -0.3 is 10.0 Å². The summed E-state index contributed by atoms with van der Waals surface area (Å²) in [7, 11) is 1.65. The number of rotatable bonds is 2. The molecule has 1 aromatic carbocycles. The lowest BCUT2D eigenvalue weighted by Gasteiger charge is -2.18. The summed E-state index contributed by atoms with van der Waals surface area (Å²) in [6.07, 6.45) is 0. The van der Waals surface area contributed by atoms with Crippen molar-refractivity contribution in [3.63, 3.8) is 0 Å². The van der Waals surface area contributed by atoms with Gasteiger partial charge in [-0.1, -0.05) is 22.0 Å². The van der Waals surface area contributed by atoms with Crippen LogP contribution in [0.1, 0.15) is 5.56 Å². The Balaban J connectivity index is 3.05. The van der Waals surface area contributed by atoms with Crippen molar-refractivity contribution in [3.05, 3.63) is 28.2 Å². The van der Waals surface area contributed by atoms with E-state index in [2.05, 4.69) is 15.9 Å². The molecule has 0 fully saturated rings. The molecule has 0 saturated heterocycles. The third kappa shape index (κ3) is 2.33. The molecule has 0 aliphatic rings. The van der Waals surface area contributed by atoms with E-state index in [1.807, 2.05) is 25.1 Å². The van der Waals surface area contributed by atoms with Crippen LogP contribution in [0.4, 0.5) is 5.69 Å². The summed E-state index contributed by atoms with van der Waals surface area (Å²) in [6, 6.07) is 5.68. The number of nitrogens with zero attached hydrogens (tertiary/aromatic N) is 1. The van der Waals surface area contributed by atoms with Crippen LogP contribution in [0.5, 0.6) is 0 Å². The van der Waals surface area contributed by atoms with Crippen LogP contribution in [0.15, 0.2) is 22.7 Å². The van der Waals surface area contributed by atoms with E-state index in [0.717, 1.165) is 15.7 Å². The smallest absolute Gasteiger partial charge is 0.252 e. The second-order valence-electron chi connectivity index (χ2n) is 3.04. The minimum Gasteiger partial charge on any atom is -0.387 e. The third-order valence-corrected chi connectivity index (χ3v) is 2.54. The molecule has 0 unspecified atom stereocenters. The molecule has 0 heterocycles. The van der Waals surface area contributed by atoms with E-state index in [9.17, 15) is 4.79 Å². The molecule has 1 rings (SSSR count). The summed E-state index contributed by atoms with van der Waals surface area (Å²) in [6.45, 7) is 1.45. The van der Waals surface area contributed by atoms with Crippen molar-refractivity contribution in [1.29, 1.82) is 0 Å². The van der Waals surface area contributed by atoms with Crippen LogP contribution in [-0.4, -0.2) is 24.7 Å². The highest BCUT2D eigenvalue weighted by Gasteiger charge is 2.11. The summed E-state index contributed by atoms with van der Waals surface area (Å²) < 4.78 is 0.913. The van der Waals surface area contributed by atoms with E-state index in [4.69, 9.17) is 5.11 Å². The molecule has 0 atom stereocenters. The van der Waals surface area contributed by atoms with Gasteiger partial charge in [-0.3, -0.25) is 4.79 Å². The molecule has 4 heteroatoms. The summed E-state index contributed by atoms with van der Waals surface area (Å²) in [4.78, 5) is 12.7. The monoisotopic (exact) mass is 257 g/mol. The van der Waals surface area contributed by atoms with Crippen LogP contribution in [0.3, 0.4) is 0 Å². The molecule has 1 aromatic rings. The Morgan fingerprint density at radius 2 is 2.21 bits per heavy atom. The molecular formula is C10H12BrNO2. The number of hydrogen-bond acceptors (Lipinski definition) is 2. The lowest BCUT2D eigenvalue weighted by Crippen LogP contribution is -2.29. The zero-order valence-corrected chi connectivity index (χ0v) is 9.71. The number of carbonyl (C=O) groups is 1.